The maximum absolute atomic E-state index is 12.3. The lowest BCUT2D eigenvalue weighted by Crippen LogP contribution is -2.52. The van der Waals surface area contributed by atoms with E-state index in [0.717, 1.165) is 49.8 Å². The molecule has 144 valence electrons. The van der Waals surface area contributed by atoms with Crippen LogP contribution in [0.5, 0.6) is 11.5 Å². The topological polar surface area (TPSA) is 54.0 Å². The van der Waals surface area contributed by atoms with Gasteiger partial charge in [-0.25, -0.2) is 4.79 Å². The van der Waals surface area contributed by atoms with Crippen molar-refractivity contribution in [3.05, 3.63) is 60.2 Å². The van der Waals surface area contributed by atoms with Crippen LogP contribution >= 0.6 is 0 Å². The van der Waals surface area contributed by atoms with E-state index < -0.39 is 0 Å². The molecule has 0 spiro atoms. The predicted molar refractivity (Wildman–Crippen MR) is 105 cm³/mol. The lowest BCUT2D eigenvalue weighted by atomic mass is 10.2. The second-order valence-corrected chi connectivity index (χ2v) is 6.50. The van der Waals surface area contributed by atoms with Crippen molar-refractivity contribution in [1.82, 2.24) is 15.1 Å². The van der Waals surface area contributed by atoms with E-state index in [1.54, 1.807) is 7.11 Å². The van der Waals surface area contributed by atoms with Gasteiger partial charge in [-0.2, -0.15) is 0 Å². The molecule has 27 heavy (non-hydrogen) atoms. The molecule has 0 aliphatic carbocycles. The van der Waals surface area contributed by atoms with E-state index in [0.29, 0.717) is 13.2 Å². The summed E-state index contributed by atoms with van der Waals surface area (Å²) in [5.74, 6) is 1.67. The molecule has 1 fully saturated rings. The lowest BCUT2D eigenvalue weighted by molar-refractivity contribution is 0.126. The summed E-state index contributed by atoms with van der Waals surface area (Å²) in [6, 6.07) is 17.6. The molecule has 0 aromatic heterocycles. The molecular formula is C21H27N3O3. The fraction of sp³-hybridized carbons (Fsp3) is 0.381. The van der Waals surface area contributed by atoms with Gasteiger partial charge in [0.1, 0.15) is 18.1 Å². The van der Waals surface area contributed by atoms with Gasteiger partial charge in [-0.05, 0) is 29.8 Å². The zero-order valence-corrected chi connectivity index (χ0v) is 15.8. The van der Waals surface area contributed by atoms with Crippen molar-refractivity contribution in [2.45, 2.75) is 6.54 Å². The number of carbonyl (C=O) groups is 1. The number of urea groups is 1. The first-order valence-corrected chi connectivity index (χ1v) is 9.30. The summed E-state index contributed by atoms with van der Waals surface area (Å²) in [6.45, 7) is 5.26. The second-order valence-electron chi connectivity index (χ2n) is 6.50. The number of nitrogens with zero attached hydrogens (tertiary/aromatic N) is 2. The molecule has 0 unspecified atom stereocenters. The average molecular weight is 369 g/mol. The van der Waals surface area contributed by atoms with Crippen molar-refractivity contribution in [3.63, 3.8) is 0 Å². The van der Waals surface area contributed by atoms with Crippen LogP contribution in [-0.2, 0) is 6.54 Å². The SMILES string of the molecule is COc1ccc(OCCN2CCN(C(=O)NCc3ccccc3)CC2)cc1. The third kappa shape index (κ3) is 5.89. The van der Waals surface area contributed by atoms with Crippen molar-refractivity contribution >= 4 is 6.03 Å². The Bertz CT molecular complexity index is 698. The zero-order chi connectivity index (χ0) is 18.9. The first-order chi connectivity index (χ1) is 13.2. The van der Waals surface area contributed by atoms with Crippen LogP contribution < -0.4 is 14.8 Å². The number of ether oxygens (including phenoxy) is 2. The molecule has 1 saturated heterocycles. The standard InChI is InChI=1S/C21H27N3O3/c1-26-19-7-9-20(10-8-19)27-16-15-23-11-13-24(14-12-23)21(25)22-17-18-5-3-2-4-6-18/h2-10H,11-17H2,1H3,(H,22,25). The van der Waals surface area contributed by atoms with E-state index in [1.165, 1.54) is 0 Å². The number of nitrogens with one attached hydrogen (secondary N) is 1. The Morgan fingerprint density at radius 1 is 0.963 bits per heavy atom. The van der Waals surface area contributed by atoms with Crippen LogP contribution in [0.15, 0.2) is 54.6 Å². The molecule has 2 aromatic rings. The molecule has 2 aromatic carbocycles. The molecule has 0 bridgehead atoms. The smallest absolute Gasteiger partial charge is 0.317 e. The highest BCUT2D eigenvalue weighted by atomic mass is 16.5. The van der Waals surface area contributed by atoms with Crippen LogP contribution in [0, 0.1) is 0 Å². The van der Waals surface area contributed by atoms with Crippen molar-refractivity contribution in [2.75, 3.05) is 46.4 Å². The minimum absolute atomic E-state index is 0.00739. The average Bonchev–Trinajstić information content (AvgIpc) is 2.74. The predicted octanol–water partition coefficient (Wildman–Crippen LogP) is 2.60. The summed E-state index contributed by atoms with van der Waals surface area (Å²) in [6.07, 6.45) is 0. The highest BCUT2D eigenvalue weighted by Crippen LogP contribution is 2.17. The number of piperazine rings is 1. The fourth-order valence-corrected chi connectivity index (χ4v) is 3.02. The van der Waals surface area contributed by atoms with Gasteiger partial charge in [0.25, 0.3) is 0 Å². The van der Waals surface area contributed by atoms with Gasteiger partial charge in [0, 0.05) is 39.3 Å². The van der Waals surface area contributed by atoms with Gasteiger partial charge in [-0.3, -0.25) is 4.90 Å². The number of methoxy groups -OCH3 is 1. The molecule has 1 aliphatic heterocycles. The molecule has 1 aliphatic rings. The van der Waals surface area contributed by atoms with Crippen molar-refractivity contribution < 1.29 is 14.3 Å². The van der Waals surface area contributed by atoms with Crippen LogP contribution in [0.25, 0.3) is 0 Å². The summed E-state index contributed by atoms with van der Waals surface area (Å²) >= 11 is 0. The lowest BCUT2D eigenvalue weighted by Gasteiger charge is -2.34. The van der Waals surface area contributed by atoms with Crippen molar-refractivity contribution in [1.29, 1.82) is 0 Å². The summed E-state index contributed by atoms with van der Waals surface area (Å²) < 4.78 is 10.9. The number of hydrogen-bond acceptors (Lipinski definition) is 4. The number of amides is 2. The van der Waals surface area contributed by atoms with Gasteiger partial charge in [0.2, 0.25) is 0 Å². The Morgan fingerprint density at radius 2 is 1.63 bits per heavy atom. The number of rotatable bonds is 7. The molecule has 6 heteroatoms. The van der Waals surface area contributed by atoms with Crippen molar-refractivity contribution in [2.24, 2.45) is 0 Å². The van der Waals surface area contributed by atoms with Gasteiger partial charge < -0.3 is 19.7 Å². The first-order valence-electron chi connectivity index (χ1n) is 9.30. The van der Waals surface area contributed by atoms with Crippen LogP contribution in [-0.4, -0.2) is 62.3 Å². The molecule has 6 nitrogen and oxygen atoms in total. The van der Waals surface area contributed by atoms with E-state index >= 15 is 0 Å². The van der Waals surface area contributed by atoms with E-state index in [4.69, 9.17) is 9.47 Å². The summed E-state index contributed by atoms with van der Waals surface area (Å²) in [4.78, 5) is 16.5. The van der Waals surface area contributed by atoms with E-state index in [9.17, 15) is 4.79 Å². The van der Waals surface area contributed by atoms with Gasteiger partial charge in [-0.15, -0.1) is 0 Å². The Kier molecular flexibility index (Phi) is 6.93. The summed E-state index contributed by atoms with van der Waals surface area (Å²) in [7, 11) is 1.65. The third-order valence-electron chi connectivity index (χ3n) is 4.68. The molecule has 0 atom stereocenters. The Labute approximate surface area is 160 Å². The summed E-state index contributed by atoms with van der Waals surface area (Å²) in [5, 5.41) is 2.99. The highest BCUT2D eigenvalue weighted by molar-refractivity contribution is 5.74. The van der Waals surface area contributed by atoms with Gasteiger partial charge >= 0.3 is 6.03 Å². The summed E-state index contributed by atoms with van der Waals surface area (Å²) in [5.41, 5.74) is 1.11. The molecule has 0 saturated carbocycles. The van der Waals surface area contributed by atoms with Crippen LogP contribution in [0.4, 0.5) is 4.79 Å². The quantitative estimate of drug-likeness (QED) is 0.815. The molecule has 0 radical (unpaired) electrons. The third-order valence-corrected chi connectivity index (χ3v) is 4.68. The molecule has 2 amide bonds. The Morgan fingerprint density at radius 3 is 2.30 bits per heavy atom. The van der Waals surface area contributed by atoms with E-state index in [2.05, 4.69) is 10.2 Å². The number of hydrogen-bond donors (Lipinski definition) is 1. The Hall–Kier alpha value is -2.73. The monoisotopic (exact) mass is 369 g/mol. The highest BCUT2D eigenvalue weighted by Gasteiger charge is 2.20. The van der Waals surface area contributed by atoms with E-state index in [-0.39, 0.29) is 6.03 Å². The largest absolute Gasteiger partial charge is 0.497 e. The van der Waals surface area contributed by atoms with Gasteiger partial charge in [0.15, 0.2) is 0 Å². The van der Waals surface area contributed by atoms with Crippen LogP contribution in [0.1, 0.15) is 5.56 Å². The minimum atomic E-state index is 0.00739. The van der Waals surface area contributed by atoms with Crippen LogP contribution in [0.2, 0.25) is 0 Å². The zero-order valence-electron chi connectivity index (χ0n) is 15.8. The maximum atomic E-state index is 12.3. The second kappa shape index (κ2) is 9.83. The normalized spacial score (nSPS) is 14.6. The first kappa shape index (κ1) is 19.0. The molecule has 1 heterocycles. The van der Waals surface area contributed by atoms with Crippen molar-refractivity contribution in [3.8, 4) is 11.5 Å². The van der Waals surface area contributed by atoms with Gasteiger partial charge in [-0.1, -0.05) is 30.3 Å². The number of benzene rings is 2. The van der Waals surface area contributed by atoms with Crippen LogP contribution in [0.3, 0.4) is 0 Å². The minimum Gasteiger partial charge on any atom is -0.497 e. The van der Waals surface area contributed by atoms with E-state index in [1.807, 2.05) is 59.5 Å². The Balaban J connectivity index is 1.32. The number of carbonyl (C=O) groups excluding carboxylic acids is 1. The molecule has 1 N–H and O–H groups in total. The molecular weight excluding hydrogens is 342 g/mol. The maximum Gasteiger partial charge on any atom is 0.317 e. The molecule has 3 rings (SSSR count). The fourth-order valence-electron chi connectivity index (χ4n) is 3.02. The van der Waals surface area contributed by atoms with Gasteiger partial charge in [0.05, 0.1) is 7.11 Å².